The van der Waals surface area contributed by atoms with Crippen LogP contribution in [0.5, 0.6) is 0 Å². The van der Waals surface area contributed by atoms with E-state index in [-0.39, 0.29) is 0 Å². The van der Waals surface area contributed by atoms with E-state index in [0.29, 0.717) is 5.82 Å². The molecule has 3 heteroatoms. The molecule has 0 saturated heterocycles. The molecule has 1 aromatic heterocycles. The van der Waals surface area contributed by atoms with Crippen LogP contribution >= 0.6 is 0 Å². The number of anilines is 2. The lowest BCUT2D eigenvalue weighted by atomic mass is 9.89. The van der Waals surface area contributed by atoms with E-state index >= 15 is 0 Å². The molecular weight excluding hydrogens is 198 g/mol. The van der Waals surface area contributed by atoms with Gasteiger partial charge in [0.25, 0.3) is 0 Å². The fourth-order valence-corrected chi connectivity index (χ4v) is 3.41. The summed E-state index contributed by atoms with van der Waals surface area (Å²) in [5.74, 6) is 4.37. The Kier molecular flexibility index (Phi) is 2.46. The monoisotopic (exact) mass is 217 g/mol. The molecule has 2 aliphatic carbocycles. The molecule has 0 aromatic carbocycles. The first-order chi connectivity index (χ1) is 7.81. The second-order valence-corrected chi connectivity index (χ2v) is 5.26. The van der Waals surface area contributed by atoms with Gasteiger partial charge in [0.15, 0.2) is 0 Å². The van der Waals surface area contributed by atoms with Crippen LogP contribution in [0.15, 0.2) is 18.2 Å². The molecule has 1 aromatic rings. The number of nitrogens with two attached hydrogens (primary N) is 1. The number of nitrogens with zero attached hydrogens (tertiary/aromatic N) is 1. The molecule has 3 unspecified atom stereocenters. The maximum Gasteiger partial charge on any atom is 0.128 e. The zero-order valence-corrected chi connectivity index (χ0v) is 9.52. The summed E-state index contributed by atoms with van der Waals surface area (Å²) in [5, 5.41) is 3.42. The van der Waals surface area contributed by atoms with Crippen LogP contribution in [0.3, 0.4) is 0 Å². The van der Waals surface area contributed by atoms with Gasteiger partial charge in [-0.25, -0.2) is 4.98 Å². The number of pyridine rings is 1. The highest BCUT2D eigenvalue weighted by Crippen LogP contribution is 2.48. The third kappa shape index (κ3) is 1.86. The van der Waals surface area contributed by atoms with E-state index in [4.69, 9.17) is 5.73 Å². The highest BCUT2D eigenvalue weighted by Gasteiger charge is 2.38. The van der Waals surface area contributed by atoms with Gasteiger partial charge in [-0.2, -0.15) is 0 Å². The molecule has 0 aliphatic heterocycles. The summed E-state index contributed by atoms with van der Waals surface area (Å²) < 4.78 is 0. The Balaban J connectivity index is 1.57. The molecule has 2 bridgehead atoms. The van der Waals surface area contributed by atoms with E-state index in [1.165, 1.54) is 25.7 Å². The molecule has 86 valence electrons. The Bertz CT molecular complexity index is 377. The second kappa shape index (κ2) is 3.96. The van der Waals surface area contributed by atoms with Crippen molar-refractivity contribution in [3.8, 4) is 0 Å². The number of rotatable bonds is 3. The summed E-state index contributed by atoms with van der Waals surface area (Å²) in [5.41, 5.74) is 5.65. The zero-order chi connectivity index (χ0) is 11.0. The third-order valence-corrected chi connectivity index (χ3v) is 4.20. The summed E-state index contributed by atoms with van der Waals surface area (Å²) in [4.78, 5) is 4.26. The molecule has 0 radical (unpaired) electrons. The van der Waals surface area contributed by atoms with Crippen molar-refractivity contribution in [2.45, 2.75) is 25.7 Å². The van der Waals surface area contributed by atoms with Crippen LogP contribution in [0.1, 0.15) is 25.7 Å². The Morgan fingerprint density at radius 2 is 2.25 bits per heavy atom. The number of hydrogen-bond acceptors (Lipinski definition) is 3. The first-order valence-corrected chi connectivity index (χ1v) is 6.27. The number of fused-ring (bicyclic) bond motifs is 2. The van der Waals surface area contributed by atoms with Crippen molar-refractivity contribution in [1.82, 2.24) is 4.98 Å². The second-order valence-electron chi connectivity index (χ2n) is 5.26. The minimum Gasteiger partial charge on any atom is -0.384 e. The predicted octanol–water partition coefficient (Wildman–Crippen LogP) is 2.51. The Labute approximate surface area is 96.4 Å². The number of nitrogen functional groups attached to an aromatic ring is 1. The molecule has 3 atom stereocenters. The lowest BCUT2D eigenvalue weighted by Gasteiger charge is -2.22. The average Bonchev–Trinajstić information content (AvgIpc) is 2.88. The van der Waals surface area contributed by atoms with E-state index in [0.717, 1.165) is 30.1 Å². The van der Waals surface area contributed by atoms with Gasteiger partial charge in [-0.05, 0) is 49.1 Å². The standard InChI is InChI=1S/C13H19N3/c14-12-2-1-3-13(16-12)15-8-11-7-9-4-5-10(11)6-9/h1-3,9-11H,4-8H2,(H3,14,15,16). The van der Waals surface area contributed by atoms with Gasteiger partial charge >= 0.3 is 0 Å². The predicted molar refractivity (Wildman–Crippen MR) is 66.1 cm³/mol. The van der Waals surface area contributed by atoms with Crippen LogP contribution < -0.4 is 11.1 Å². The molecular formula is C13H19N3. The van der Waals surface area contributed by atoms with E-state index in [1.54, 1.807) is 0 Å². The quantitative estimate of drug-likeness (QED) is 0.818. The van der Waals surface area contributed by atoms with Crippen molar-refractivity contribution in [2.75, 3.05) is 17.6 Å². The van der Waals surface area contributed by atoms with Crippen molar-refractivity contribution in [3.63, 3.8) is 0 Å². The lowest BCUT2D eigenvalue weighted by Crippen LogP contribution is -2.20. The lowest BCUT2D eigenvalue weighted by molar-refractivity contribution is 0.348. The fraction of sp³-hybridized carbons (Fsp3) is 0.615. The van der Waals surface area contributed by atoms with Crippen LogP contribution in [0.4, 0.5) is 11.6 Å². The van der Waals surface area contributed by atoms with Crippen LogP contribution in [0.2, 0.25) is 0 Å². The van der Waals surface area contributed by atoms with Crippen LogP contribution in [0.25, 0.3) is 0 Å². The molecule has 1 heterocycles. The summed E-state index contributed by atoms with van der Waals surface area (Å²) in [6, 6.07) is 5.76. The molecule has 3 N–H and O–H groups in total. The van der Waals surface area contributed by atoms with Crippen molar-refractivity contribution in [1.29, 1.82) is 0 Å². The van der Waals surface area contributed by atoms with Gasteiger partial charge in [0.05, 0.1) is 0 Å². The Hall–Kier alpha value is -1.25. The number of hydrogen-bond donors (Lipinski definition) is 2. The van der Waals surface area contributed by atoms with Gasteiger partial charge in [0.2, 0.25) is 0 Å². The molecule has 16 heavy (non-hydrogen) atoms. The Morgan fingerprint density at radius 3 is 2.94 bits per heavy atom. The van der Waals surface area contributed by atoms with Crippen molar-refractivity contribution in [2.24, 2.45) is 17.8 Å². The maximum atomic E-state index is 5.65. The molecule has 2 saturated carbocycles. The summed E-state index contributed by atoms with van der Waals surface area (Å²) in [6.07, 6.45) is 5.80. The van der Waals surface area contributed by atoms with Gasteiger partial charge in [0, 0.05) is 6.54 Å². The van der Waals surface area contributed by atoms with E-state index < -0.39 is 0 Å². The SMILES string of the molecule is Nc1cccc(NCC2CC3CCC2C3)n1. The van der Waals surface area contributed by atoms with E-state index in [9.17, 15) is 0 Å². The molecule has 0 amide bonds. The van der Waals surface area contributed by atoms with Crippen molar-refractivity contribution >= 4 is 11.6 Å². The van der Waals surface area contributed by atoms with Crippen molar-refractivity contribution < 1.29 is 0 Å². The fourth-order valence-electron chi connectivity index (χ4n) is 3.41. The topological polar surface area (TPSA) is 50.9 Å². The van der Waals surface area contributed by atoms with Crippen LogP contribution in [0, 0.1) is 17.8 Å². The van der Waals surface area contributed by atoms with Crippen LogP contribution in [-0.4, -0.2) is 11.5 Å². The van der Waals surface area contributed by atoms with Gasteiger partial charge in [-0.15, -0.1) is 0 Å². The van der Waals surface area contributed by atoms with Gasteiger partial charge in [0.1, 0.15) is 11.6 Å². The van der Waals surface area contributed by atoms with E-state index in [2.05, 4.69) is 10.3 Å². The number of nitrogens with one attached hydrogen (secondary N) is 1. The van der Waals surface area contributed by atoms with Gasteiger partial charge < -0.3 is 11.1 Å². The molecule has 2 fully saturated rings. The smallest absolute Gasteiger partial charge is 0.128 e. The van der Waals surface area contributed by atoms with Gasteiger partial charge in [-0.3, -0.25) is 0 Å². The van der Waals surface area contributed by atoms with Crippen LogP contribution in [-0.2, 0) is 0 Å². The maximum absolute atomic E-state index is 5.65. The minimum absolute atomic E-state index is 0.595. The molecule has 3 rings (SSSR count). The number of aromatic nitrogens is 1. The van der Waals surface area contributed by atoms with Gasteiger partial charge in [-0.1, -0.05) is 12.5 Å². The average molecular weight is 217 g/mol. The third-order valence-electron chi connectivity index (χ3n) is 4.20. The molecule has 2 aliphatic rings. The highest BCUT2D eigenvalue weighted by atomic mass is 15.0. The zero-order valence-electron chi connectivity index (χ0n) is 9.52. The minimum atomic E-state index is 0.595. The Morgan fingerprint density at radius 1 is 1.31 bits per heavy atom. The molecule has 0 spiro atoms. The molecule has 3 nitrogen and oxygen atoms in total. The summed E-state index contributed by atoms with van der Waals surface area (Å²) >= 11 is 0. The van der Waals surface area contributed by atoms with E-state index in [1.807, 2.05) is 18.2 Å². The van der Waals surface area contributed by atoms with Crippen molar-refractivity contribution in [3.05, 3.63) is 18.2 Å². The summed E-state index contributed by atoms with van der Waals surface area (Å²) in [6.45, 7) is 1.07. The summed E-state index contributed by atoms with van der Waals surface area (Å²) in [7, 11) is 0. The first-order valence-electron chi connectivity index (χ1n) is 6.27. The largest absolute Gasteiger partial charge is 0.384 e. The normalized spacial score (nSPS) is 31.9. The first kappa shape index (κ1) is 9.94. The highest BCUT2D eigenvalue weighted by molar-refractivity contribution is 5.42.